The SMILES string of the molecule is C=C1C=C(C=C=CC)[C@@H](OC(=O)C2CC2)C1. The average Bonchev–Trinajstić information content (AvgIpc) is 3.02. The maximum absolute atomic E-state index is 11.6. The van der Waals surface area contributed by atoms with Gasteiger partial charge < -0.3 is 4.74 Å². The summed E-state index contributed by atoms with van der Waals surface area (Å²) in [4.78, 5) is 11.6. The lowest BCUT2D eigenvalue weighted by molar-refractivity contribution is -0.148. The molecule has 84 valence electrons. The fourth-order valence-electron chi connectivity index (χ4n) is 1.72. The molecule has 0 N–H and O–H groups in total. The molecular weight excluding hydrogens is 200 g/mol. The largest absolute Gasteiger partial charge is 0.457 e. The summed E-state index contributed by atoms with van der Waals surface area (Å²) in [6, 6.07) is 0. The number of hydrogen-bond acceptors (Lipinski definition) is 2. The molecule has 2 rings (SSSR count). The Bertz CT molecular complexity index is 404. The second kappa shape index (κ2) is 4.54. The highest BCUT2D eigenvalue weighted by atomic mass is 16.5. The number of ether oxygens (including phenoxy) is 1. The van der Waals surface area contributed by atoms with Gasteiger partial charge in [0.1, 0.15) is 6.10 Å². The fourth-order valence-corrected chi connectivity index (χ4v) is 1.72. The minimum atomic E-state index is -0.145. The molecule has 2 aliphatic carbocycles. The van der Waals surface area contributed by atoms with Crippen LogP contribution in [0.4, 0.5) is 0 Å². The Kier molecular flexibility index (Phi) is 3.12. The molecule has 0 saturated heterocycles. The zero-order valence-corrected chi connectivity index (χ0v) is 9.53. The third-order valence-electron chi connectivity index (χ3n) is 2.78. The minimum absolute atomic E-state index is 0.0560. The van der Waals surface area contributed by atoms with Crippen LogP contribution >= 0.6 is 0 Å². The molecule has 1 fully saturated rings. The fraction of sp³-hybridized carbons (Fsp3) is 0.429. The Morgan fingerprint density at radius 2 is 2.38 bits per heavy atom. The molecule has 1 atom stereocenters. The van der Waals surface area contributed by atoms with Gasteiger partial charge in [-0.2, -0.15) is 0 Å². The summed E-state index contributed by atoms with van der Waals surface area (Å²) in [7, 11) is 0. The molecule has 1 saturated carbocycles. The van der Waals surface area contributed by atoms with E-state index in [4.69, 9.17) is 4.74 Å². The first kappa shape index (κ1) is 11.0. The highest BCUT2D eigenvalue weighted by Crippen LogP contribution is 2.33. The van der Waals surface area contributed by atoms with Crippen molar-refractivity contribution in [3.63, 3.8) is 0 Å². The van der Waals surface area contributed by atoms with Crippen molar-refractivity contribution in [2.45, 2.75) is 32.3 Å². The number of carbonyl (C=O) groups is 1. The van der Waals surface area contributed by atoms with Gasteiger partial charge in [0.25, 0.3) is 0 Å². The second-order valence-corrected chi connectivity index (χ2v) is 4.31. The van der Waals surface area contributed by atoms with Crippen LogP contribution in [0.5, 0.6) is 0 Å². The molecule has 0 aliphatic heterocycles. The van der Waals surface area contributed by atoms with Crippen molar-refractivity contribution >= 4 is 5.97 Å². The van der Waals surface area contributed by atoms with Crippen molar-refractivity contribution in [3.8, 4) is 0 Å². The summed E-state index contributed by atoms with van der Waals surface area (Å²) < 4.78 is 5.46. The van der Waals surface area contributed by atoms with E-state index < -0.39 is 0 Å². The van der Waals surface area contributed by atoms with Gasteiger partial charge in [0.05, 0.1) is 5.92 Å². The lowest BCUT2D eigenvalue weighted by Gasteiger charge is -2.13. The summed E-state index contributed by atoms with van der Waals surface area (Å²) in [5.74, 6) is 0.0975. The molecular formula is C14H16O2. The van der Waals surface area contributed by atoms with Gasteiger partial charge in [0.15, 0.2) is 0 Å². The Hall–Kier alpha value is -1.53. The van der Waals surface area contributed by atoms with Crippen molar-refractivity contribution in [1.29, 1.82) is 0 Å². The first-order valence-electron chi connectivity index (χ1n) is 5.67. The molecule has 0 aromatic heterocycles. The van der Waals surface area contributed by atoms with Crippen LogP contribution in [0.25, 0.3) is 0 Å². The molecule has 0 bridgehead atoms. The molecule has 2 nitrogen and oxygen atoms in total. The lowest BCUT2D eigenvalue weighted by Crippen LogP contribution is -2.18. The zero-order chi connectivity index (χ0) is 11.5. The van der Waals surface area contributed by atoms with E-state index in [2.05, 4.69) is 12.3 Å². The number of carbonyl (C=O) groups excluding carboxylic acids is 1. The zero-order valence-electron chi connectivity index (χ0n) is 9.53. The van der Waals surface area contributed by atoms with Crippen molar-refractivity contribution in [2.24, 2.45) is 5.92 Å². The van der Waals surface area contributed by atoms with Crippen molar-refractivity contribution in [3.05, 3.63) is 41.7 Å². The van der Waals surface area contributed by atoms with Gasteiger partial charge in [0.2, 0.25) is 0 Å². The monoisotopic (exact) mass is 216 g/mol. The summed E-state index contributed by atoms with van der Waals surface area (Å²) in [5.41, 5.74) is 5.02. The Morgan fingerprint density at radius 3 is 3.00 bits per heavy atom. The van der Waals surface area contributed by atoms with Gasteiger partial charge >= 0.3 is 5.97 Å². The molecule has 0 radical (unpaired) electrons. The molecule has 0 heterocycles. The Labute approximate surface area is 96.0 Å². The highest BCUT2D eigenvalue weighted by molar-refractivity contribution is 5.75. The van der Waals surface area contributed by atoms with E-state index in [0.717, 1.165) is 30.4 Å². The van der Waals surface area contributed by atoms with E-state index in [-0.39, 0.29) is 18.0 Å². The lowest BCUT2D eigenvalue weighted by atomic mass is 10.2. The summed E-state index contributed by atoms with van der Waals surface area (Å²) in [6.45, 7) is 5.81. The van der Waals surface area contributed by atoms with E-state index in [1.54, 1.807) is 0 Å². The predicted molar refractivity (Wildman–Crippen MR) is 62.8 cm³/mol. The number of esters is 1. The molecule has 16 heavy (non-hydrogen) atoms. The van der Waals surface area contributed by atoms with Crippen LogP contribution < -0.4 is 0 Å². The first-order chi connectivity index (χ1) is 7.70. The quantitative estimate of drug-likeness (QED) is 0.535. The van der Waals surface area contributed by atoms with Crippen LogP contribution in [0.3, 0.4) is 0 Å². The van der Waals surface area contributed by atoms with Gasteiger partial charge in [-0.05, 0) is 31.9 Å². The summed E-state index contributed by atoms with van der Waals surface area (Å²) in [6.07, 6.45) is 8.21. The topological polar surface area (TPSA) is 26.3 Å². The summed E-state index contributed by atoms with van der Waals surface area (Å²) >= 11 is 0. The maximum Gasteiger partial charge on any atom is 0.309 e. The van der Waals surface area contributed by atoms with Crippen LogP contribution in [0.1, 0.15) is 26.2 Å². The second-order valence-electron chi connectivity index (χ2n) is 4.31. The van der Waals surface area contributed by atoms with Gasteiger partial charge in [0, 0.05) is 12.0 Å². The number of allylic oxidation sites excluding steroid dienone is 1. The predicted octanol–water partition coefficient (Wildman–Crippen LogP) is 2.93. The Balaban J connectivity index is 2.03. The first-order valence-corrected chi connectivity index (χ1v) is 5.67. The van der Waals surface area contributed by atoms with E-state index >= 15 is 0 Å². The van der Waals surface area contributed by atoms with Crippen LogP contribution in [-0.2, 0) is 9.53 Å². The molecule has 0 aromatic rings. The van der Waals surface area contributed by atoms with Gasteiger partial charge in [-0.25, -0.2) is 0 Å². The van der Waals surface area contributed by atoms with Crippen LogP contribution in [0.15, 0.2) is 41.7 Å². The Morgan fingerprint density at radius 1 is 1.62 bits per heavy atom. The van der Waals surface area contributed by atoms with Crippen molar-refractivity contribution in [2.75, 3.05) is 0 Å². The summed E-state index contributed by atoms with van der Waals surface area (Å²) in [5, 5.41) is 0. The standard InChI is InChI=1S/C14H16O2/c1-3-4-5-12-8-10(2)9-13(12)16-14(15)11-6-7-11/h3,5,8,11,13H,2,6-7,9H2,1H3/t4?,13-/m0/s1. The van der Waals surface area contributed by atoms with Gasteiger partial charge in [-0.1, -0.05) is 18.2 Å². The third kappa shape index (κ3) is 2.53. The maximum atomic E-state index is 11.6. The van der Waals surface area contributed by atoms with Crippen molar-refractivity contribution in [1.82, 2.24) is 0 Å². The van der Waals surface area contributed by atoms with Crippen LogP contribution in [0, 0.1) is 5.92 Å². The van der Waals surface area contributed by atoms with Crippen LogP contribution in [0.2, 0.25) is 0 Å². The molecule has 0 aromatic carbocycles. The minimum Gasteiger partial charge on any atom is -0.457 e. The molecule has 0 amide bonds. The average molecular weight is 216 g/mol. The molecule has 2 heteroatoms. The number of rotatable bonds is 3. The van der Waals surface area contributed by atoms with Crippen LogP contribution in [-0.4, -0.2) is 12.1 Å². The number of hydrogen-bond donors (Lipinski definition) is 0. The third-order valence-corrected chi connectivity index (χ3v) is 2.78. The van der Waals surface area contributed by atoms with E-state index in [0.29, 0.717) is 0 Å². The van der Waals surface area contributed by atoms with E-state index in [1.165, 1.54) is 0 Å². The van der Waals surface area contributed by atoms with Gasteiger partial charge in [-0.15, -0.1) is 5.73 Å². The molecule has 0 unspecified atom stereocenters. The highest BCUT2D eigenvalue weighted by Gasteiger charge is 2.34. The van der Waals surface area contributed by atoms with E-state index in [1.807, 2.05) is 25.2 Å². The van der Waals surface area contributed by atoms with E-state index in [9.17, 15) is 4.79 Å². The van der Waals surface area contributed by atoms with Crippen molar-refractivity contribution < 1.29 is 9.53 Å². The molecule has 2 aliphatic rings. The normalized spacial score (nSPS) is 23.4. The molecule has 0 spiro atoms. The smallest absolute Gasteiger partial charge is 0.309 e. The van der Waals surface area contributed by atoms with Gasteiger partial charge in [-0.3, -0.25) is 4.79 Å².